The Balaban J connectivity index is 1.90. The molecule has 0 atom stereocenters. The summed E-state index contributed by atoms with van der Waals surface area (Å²) >= 11 is 1.79. The molecule has 5 heteroatoms. The highest BCUT2D eigenvalue weighted by atomic mass is 32.2. The van der Waals surface area contributed by atoms with Crippen LogP contribution in [0.25, 0.3) is 0 Å². The molecular weight excluding hydrogens is 308 g/mol. The van der Waals surface area contributed by atoms with Crippen LogP contribution in [-0.2, 0) is 4.79 Å². The lowest BCUT2D eigenvalue weighted by Gasteiger charge is -2.34. The largest absolute Gasteiger partial charge is 0.339 e. The minimum Gasteiger partial charge on any atom is -0.339 e. The Morgan fingerprint density at radius 1 is 1.04 bits per heavy atom. The number of thioether (sulfide) groups is 1. The fourth-order valence-electron chi connectivity index (χ4n) is 2.66. The summed E-state index contributed by atoms with van der Waals surface area (Å²) in [4.78, 5) is 29.3. The van der Waals surface area contributed by atoms with Crippen molar-refractivity contribution in [2.45, 2.75) is 43.8 Å². The van der Waals surface area contributed by atoms with Crippen LogP contribution in [-0.4, -0.2) is 53.0 Å². The van der Waals surface area contributed by atoms with E-state index < -0.39 is 0 Å². The average molecular weight is 334 g/mol. The molecule has 1 aliphatic rings. The lowest BCUT2D eigenvalue weighted by atomic mass is 10.1. The molecule has 0 bridgehead atoms. The van der Waals surface area contributed by atoms with Crippen molar-refractivity contribution in [3.05, 3.63) is 29.8 Å². The van der Waals surface area contributed by atoms with E-state index in [1.54, 1.807) is 11.8 Å². The lowest BCUT2D eigenvalue weighted by molar-refractivity contribution is -0.132. The minimum atomic E-state index is 0.0636. The second kappa shape index (κ2) is 8.39. The highest BCUT2D eigenvalue weighted by Crippen LogP contribution is 2.23. The van der Waals surface area contributed by atoms with Crippen LogP contribution in [0.3, 0.4) is 0 Å². The second-order valence-corrected chi connectivity index (χ2v) is 7.76. The second-order valence-electron chi connectivity index (χ2n) is 6.11. The number of nitrogens with zero attached hydrogens (tertiary/aromatic N) is 2. The summed E-state index contributed by atoms with van der Waals surface area (Å²) in [5, 5.41) is 0.533. The van der Waals surface area contributed by atoms with Gasteiger partial charge in [-0.05, 0) is 30.7 Å². The van der Waals surface area contributed by atoms with Crippen LogP contribution in [0.1, 0.15) is 44.0 Å². The molecule has 1 fully saturated rings. The van der Waals surface area contributed by atoms with Crippen LogP contribution in [0, 0.1) is 0 Å². The van der Waals surface area contributed by atoms with Gasteiger partial charge in [-0.3, -0.25) is 9.59 Å². The van der Waals surface area contributed by atoms with Gasteiger partial charge >= 0.3 is 0 Å². The van der Waals surface area contributed by atoms with E-state index in [4.69, 9.17) is 0 Å². The molecule has 1 aromatic rings. The number of carbonyl (C=O) groups is 2. The number of hydrogen-bond donors (Lipinski definition) is 0. The Bertz CT molecular complexity index is 534. The van der Waals surface area contributed by atoms with E-state index in [-0.39, 0.29) is 11.8 Å². The van der Waals surface area contributed by atoms with Crippen LogP contribution in [0.2, 0.25) is 0 Å². The molecule has 0 spiro atoms. The summed E-state index contributed by atoms with van der Waals surface area (Å²) in [6.45, 7) is 8.86. The molecule has 126 valence electrons. The first-order valence-electron chi connectivity index (χ1n) is 8.35. The number of benzene rings is 1. The van der Waals surface area contributed by atoms with Crippen LogP contribution in [0.5, 0.6) is 0 Å². The molecule has 1 aliphatic heterocycles. The van der Waals surface area contributed by atoms with Gasteiger partial charge in [-0.25, -0.2) is 0 Å². The van der Waals surface area contributed by atoms with Gasteiger partial charge in [-0.1, -0.05) is 20.8 Å². The van der Waals surface area contributed by atoms with Crippen LogP contribution in [0.4, 0.5) is 0 Å². The highest BCUT2D eigenvalue weighted by Gasteiger charge is 2.24. The normalized spacial score (nSPS) is 15.1. The van der Waals surface area contributed by atoms with Crippen LogP contribution >= 0.6 is 11.8 Å². The number of hydrogen-bond acceptors (Lipinski definition) is 3. The molecule has 2 amide bonds. The summed E-state index contributed by atoms with van der Waals surface area (Å²) in [6.07, 6.45) is 1.47. The van der Waals surface area contributed by atoms with E-state index in [0.29, 0.717) is 37.8 Å². The quantitative estimate of drug-likeness (QED) is 0.776. The summed E-state index contributed by atoms with van der Waals surface area (Å²) in [6, 6.07) is 7.83. The van der Waals surface area contributed by atoms with Gasteiger partial charge in [-0.2, -0.15) is 0 Å². The zero-order valence-corrected chi connectivity index (χ0v) is 15.1. The van der Waals surface area contributed by atoms with E-state index in [2.05, 4.69) is 13.8 Å². The molecule has 4 nitrogen and oxygen atoms in total. The Kier molecular flexibility index (Phi) is 6.51. The molecule has 0 aliphatic carbocycles. The molecule has 0 aromatic heterocycles. The molecule has 0 saturated carbocycles. The van der Waals surface area contributed by atoms with Crippen molar-refractivity contribution >= 4 is 23.6 Å². The fraction of sp³-hybridized carbons (Fsp3) is 0.556. The maximum Gasteiger partial charge on any atom is 0.253 e. The first-order valence-corrected chi connectivity index (χ1v) is 9.23. The number of piperazine rings is 1. The van der Waals surface area contributed by atoms with Crippen LogP contribution < -0.4 is 0 Å². The van der Waals surface area contributed by atoms with Crippen LogP contribution in [0.15, 0.2) is 29.2 Å². The Morgan fingerprint density at radius 3 is 2.13 bits per heavy atom. The SMILES string of the molecule is CCCC(=O)N1CCN(C(=O)c2ccc(SC(C)C)cc2)CC1. The van der Waals surface area contributed by atoms with E-state index in [9.17, 15) is 9.59 Å². The monoisotopic (exact) mass is 334 g/mol. The summed E-state index contributed by atoms with van der Waals surface area (Å²) < 4.78 is 0. The molecular formula is C18H26N2O2S. The van der Waals surface area contributed by atoms with Gasteiger partial charge in [0.1, 0.15) is 0 Å². The zero-order chi connectivity index (χ0) is 16.8. The Morgan fingerprint density at radius 2 is 1.61 bits per heavy atom. The topological polar surface area (TPSA) is 40.6 Å². The number of amides is 2. The Hall–Kier alpha value is -1.49. The molecule has 2 rings (SSSR count). The zero-order valence-electron chi connectivity index (χ0n) is 14.2. The van der Waals surface area contributed by atoms with Crippen molar-refractivity contribution in [1.29, 1.82) is 0 Å². The third kappa shape index (κ3) is 4.99. The number of rotatable bonds is 5. The predicted molar refractivity (Wildman–Crippen MR) is 94.8 cm³/mol. The van der Waals surface area contributed by atoms with E-state index in [0.717, 1.165) is 12.0 Å². The van der Waals surface area contributed by atoms with Crippen molar-refractivity contribution in [2.24, 2.45) is 0 Å². The van der Waals surface area contributed by atoms with Crippen molar-refractivity contribution in [2.75, 3.05) is 26.2 Å². The standard InChI is InChI=1S/C18H26N2O2S/c1-4-5-17(21)19-10-12-20(13-11-19)18(22)15-6-8-16(9-7-15)23-14(2)3/h6-9,14H,4-5,10-13H2,1-3H3. The molecule has 1 saturated heterocycles. The molecule has 0 radical (unpaired) electrons. The van der Waals surface area contributed by atoms with E-state index in [1.165, 1.54) is 4.90 Å². The van der Waals surface area contributed by atoms with Gasteiger partial charge < -0.3 is 9.80 Å². The lowest BCUT2D eigenvalue weighted by Crippen LogP contribution is -2.50. The first-order chi connectivity index (χ1) is 11.0. The fourth-order valence-corrected chi connectivity index (χ4v) is 3.50. The van der Waals surface area contributed by atoms with Gasteiger partial charge in [0, 0.05) is 48.3 Å². The van der Waals surface area contributed by atoms with Gasteiger partial charge in [0.05, 0.1) is 0 Å². The molecule has 0 N–H and O–H groups in total. The van der Waals surface area contributed by atoms with Crippen molar-refractivity contribution in [3.8, 4) is 0 Å². The smallest absolute Gasteiger partial charge is 0.253 e. The Labute approximate surface area is 143 Å². The summed E-state index contributed by atoms with van der Waals surface area (Å²) in [7, 11) is 0. The first kappa shape index (κ1) is 17.9. The summed E-state index contributed by atoms with van der Waals surface area (Å²) in [5.41, 5.74) is 0.728. The maximum atomic E-state index is 12.6. The van der Waals surface area contributed by atoms with Gasteiger partial charge in [0.2, 0.25) is 5.91 Å². The molecule has 0 unspecified atom stereocenters. The number of carbonyl (C=O) groups excluding carboxylic acids is 2. The third-order valence-corrected chi connectivity index (χ3v) is 4.87. The predicted octanol–water partition coefficient (Wildman–Crippen LogP) is 3.27. The molecule has 1 heterocycles. The van der Waals surface area contributed by atoms with E-state index >= 15 is 0 Å². The van der Waals surface area contributed by atoms with Crippen molar-refractivity contribution in [1.82, 2.24) is 9.80 Å². The van der Waals surface area contributed by atoms with Gasteiger partial charge in [-0.15, -0.1) is 11.8 Å². The van der Waals surface area contributed by atoms with E-state index in [1.807, 2.05) is 41.0 Å². The molecule has 1 aromatic carbocycles. The third-order valence-electron chi connectivity index (χ3n) is 3.86. The van der Waals surface area contributed by atoms with Crippen molar-refractivity contribution < 1.29 is 9.59 Å². The van der Waals surface area contributed by atoms with Crippen molar-refractivity contribution in [3.63, 3.8) is 0 Å². The highest BCUT2D eigenvalue weighted by molar-refractivity contribution is 7.99. The minimum absolute atomic E-state index is 0.0636. The average Bonchev–Trinajstić information content (AvgIpc) is 2.55. The van der Waals surface area contributed by atoms with Gasteiger partial charge in [0.15, 0.2) is 0 Å². The molecule has 23 heavy (non-hydrogen) atoms. The maximum absolute atomic E-state index is 12.6. The summed E-state index contributed by atoms with van der Waals surface area (Å²) in [5.74, 6) is 0.267. The van der Waals surface area contributed by atoms with Gasteiger partial charge in [0.25, 0.3) is 5.91 Å².